The average molecular weight is 1040 g/mol. The number of hydrogen-bond donors (Lipinski definition) is 15. The number of primary amides is 2. The average Bonchev–Trinajstić information content (AvgIpc) is 3.85. The lowest BCUT2D eigenvalue weighted by Crippen LogP contribution is -2.61. The number of phenolic OH excluding ortho intramolecular Hbond substituents is 2. The molecule has 27 nitrogen and oxygen atoms in total. The zero-order valence-electron chi connectivity index (χ0n) is 41.0. The summed E-state index contributed by atoms with van der Waals surface area (Å²) in [7, 11) is 0. The van der Waals surface area contributed by atoms with Crippen LogP contribution < -0.4 is 60.2 Å². The number of aliphatic hydroxyl groups is 1. The first-order valence-electron chi connectivity index (χ1n) is 23.8. The molecule has 2 aromatic carbocycles. The summed E-state index contributed by atoms with van der Waals surface area (Å²) in [4.78, 5) is 145. The highest BCUT2D eigenvalue weighted by Crippen LogP contribution is 2.20. The van der Waals surface area contributed by atoms with E-state index in [1.807, 2.05) is 0 Å². The van der Waals surface area contributed by atoms with E-state index in [1.54, 1.807) is 0 Å². The summed E-state index contributed by atoms with van der Waals surface area (Å²) in [6.45, 7) is 1.72. The number of nitrogens with one attached hydrogen (secondary N) is 7. The molecule has 27 heteroatoms. The topological polar surface area (TPSA) is 460 Å². The number of aliphatic hydroxyl groups excluding tert-OH is 1. The third-order valence-corrected chi connectivity index (χ3v) is 11.8. The molecule has 406 valence electrons. The maximum absolute atomic E-state index is 14.0. The van der Waals surface area contributed by atoms with Gasteiger partial charge in [-0.25, -0.2) is 0 Å². The van der Waals surface area contributed by atoms with E-state index in [0.29, 0.717) is 30.4 Å². The lowest BCUT2D eigenvalue weighted by Gasteiger charge is -2.29. The van der Waals surface area contributed by atoms with Crippen molar-refractivity contribution in [3.05, 3.63) is 59.7 Å². The molecule has 1 saturated heterocycles. The van der Waals surface area contributed by atoms with Crippen LogP contribution >= 0.6 is 0 Å². The number of amides is 10. The molecule has 1 fully saturated rings. The first-order chi connectivity index (χ1) is 34.9. The molecule has 0 unspecified atom stereocenters. The minimum atomic E-state index is -1.83. The molecule has 10 amide bonds. The predicted octanol–water partition coefficient (Wildman–Crippen LogP) is -5.02. The standard InChI is InChI=1S/C47H68N12O15/c1-24(46(72)59-19-5-7-36(59)45(71)57-32(41(67)53-25(2)47(73)74)20-26-8-12-28(61)13-9-26)52-44(70)35(23-60)58-43(69)34(22-38(51)64)56-42(68)33(21-27-10-14-29(62)15-11-27)55-40(66)31(6-3-4-18-48)54-39(65)30(49)16-17-37(50)63/h8-15,24-25,30-36,60-62H,3-7,16-23,48-49H2,1-2H3,(H2,50,63)(H2,51,64)(H,52,70)(H,53,67)(H,54,65)(H,55,66)(H,56,68)(H,57,71)(H,58,69)(H,73,74)/t24-,25-,30-,31-,32-,33-,34-,35-,36-/m0/s1. The number of aliphatic carboxylic acids is 1. The van der Waals surface area contributed by atoms with Crippen molar-refractivity contribution in [2.24, 2.45) is 22.9 Å². The molecule has 9 atom stereocenters. The van der Waals surface area contributed by atoms with Gasteiger partial charge in [-0.2, -0.15) is 0 Å². The van der Waals surface area contributed by atoms with Gasteiger partial charge in [0.05, 0.1) is 19.1 Å². The number of rotatable bonds is 30. The molecule has 0 bridgehead atoms. The Balaban J connectivity index is 1.77. The second kappa shape index (κ2) is 29.6. The number of nitrogens with zero attached hydrogens (tertiary/aromatic N) is 1. The van der Waals surface area contributed by atoms with Gasteiger partial charge in [0.1, 0.15) is 59.8 Å². The number of nitrogens with two attached hydrogens (primary N) is 4. The number of carboxylic acid groups (broad SMARTS) is 1. The van der Waals surface area contributed by atoms with Gasteiger partial charge in [-0.15, -0.1) is 0 Å². The van der Waals surface area contributed by atoms with Crippen LogP contribution in [0.3, 0.4) is 0 Å². The van der Waals surface area contributed by atoms with Gasteiger partial charge < -0.3 is 85.5 Å². The number of phenols is 2. The zero-order valence-corrected chi connectivity index (χ0v) is 41.0. The van der Waals surface area contributed by atoms with Crippen LogP contribution in [0, 0.1) is 0 Å². The summed E-state index contributed by atoms with van der Waals surface area (Å²) < 4.78 is 0. The van der Waals surface area contributed by atoms with Crippen LogP contribution in [-0.2, 0) is 65.6 Å². The normalized spacial score (nSPS) is 16.3. The molecule has 0 saturated carbocycles. The molecule has 3 rings (SSSR count). The second-order valence-electron chi connectivity index (χ2n) is 17.8. The zero-order chi connectivity index (χ0) is 55.2. The molecule has 0 aromatic heterocycles. The molecule has 0 spiro atoms. The van der Waals surface area contributed by atoms with Gasteiger partial charge in [0.25, 0.3) is 0 Å². The van der Waals surface area contributed by atoms with Crippen molar-refractivity contribution in [1.29, 1.82) is 0 Å². The van der Waals surface area contributed by atoms with Crippen LogP contribution in [-0.4, -0.2) is 164 Å². The fourth-order valence-electron chi connectivity index (χ4n) is 7.62. The molecule has 1 aliphatic rings. The monoisotopic (exact) mass is 1040 g/mol. The molecule has 0 aliphatic carbocycles. The maximum Gasteiger partial charge on any atom is 0.325 e. The Morgan fingerprint density at radius 3 is 1.61 bits per heavy atom. The third-order valence-electron chi connectivity index (χ3n) is 11.8. The van der Waals surface area contributed by atoms with Gasteiger partial charge in [0.2, 0.25) is 59.1 Å². The molecule has 0 radical (unpaired) electrons. The third kappa shape index (κ3) is 19.6. The van der Waals surface area contributed by atoms with E-state index in [4.69, 9.17) is 22.9 Å². The fourth-order valence-corrected chi connectivity index (χ4v) is 7.62. The molecule has 19 N–H and O–H groups in total. The van der Waals surface area contributed by atoms with Crippen LogP contribution in [0.4, 0.5) is 0 Å². The van der Waals surface area contributed by atoms with E-state index in [-0.39, 0.29) is 63.1 Å². The quantitative estimate of drug-likeness (QED) is 0.0326. The van der Waals surface area contributed by atoms with Crippen molar-refractivity contribution in [3.63, 3.8) is 0 Å². The second-order valence-corrected chi connectivity index (χ2v) is 17.8. The number of benzene rings is 2. The Morgan fingerprint density at radius 2 is 1.08 bits per heavy atom. The lowest BCUT2D eigenvalue weighted by molar-refractivity contribution is -0.143. The van der Waals surface area contributed by atoms with E-state index in [0.717, 1.165) is 4.90 Å². The summed E-state index contributed by atoms with van der Waals surface area (Å²) in [5.74, 6) is -10.8. The van der Waals surface area contributed by atoms with Crippen LogP contribution in [0.2, 0.25) is 0 Å². The van der Waals surface area contributed by atoms with E-state index in [2.05, 4.69) is 37.2 Å². The summed E-state index contributed by atoms with van der Waals surface area (Å²) >= 11 is 0. The number of unbranched alkanes of at least 4 members (excludes halogenated alkanes) is 1. The number of likely N-dealkylation sites (tertiary alicyclic amines) is 1. The first-order valence-corrected chi connectivity index (χ1v) is 23.8. The van der Waals surface area contributed by atoms with Crippen LogP contribution in [0.5, 0.6) is 11.5 Å². The molecular formula is C47H68N12O15. The van der Waals surface area contributed by atoms with Crippen molar-refractivity contribution < 1.29 is 73.2 Å². The van der Waals surface area contributed by atoms with Gasteiger partial charge in [0.15, 0.2) is 0 Å². The van der Waals surface area contributed by atoms with Gasteiger partial charge in [-0.3, -0.25) is 52.7 Å². The minimum Gasteiger partial charge on any atom is -0.508 e. The number of carboxylic acids is 1. The number of carbonyl (C=O) groups excluding carboxylic acids is 10. The number of carbonyl (C=O) groups is 11. The van der Waals surface area contributed by atoms with Gasteiger partial charge in [-0.1, -0.05) is 24.3 Å². The maximum atomic E-state index is 14.0. The number of aromatic hydroxyl groups is 2. The lowest BCUT2D eigenvalue weighted by atomic mass is 10.0. The summed E-state index contributed by atoms with van der Waals surface area (Å²) in [6, 6.07) is -1.69. The largest absolute Gasteiger partial charge is 0.508 e. The number of hydrogen-bond acceptors (Lipinski definition) is 16. The Bertz CT molecular complexity index is 2320. The molecule has 74 heavy (non-hydrogen) atoms. The van der Waals surface area contributed by atoms with E-state index in [1.165, 1.54) is 62.4 Å². The molecular weight excluding hydrogens is 973 g/mol. The van der Waals surface area contributed by atoms with Crippen molar-refractivity contribution in [3.8, 4) is 11.5 Å². The van der Waals surface area contributed by atoms with Crippen LogP contribution in [0.1, 0.15) is 76.3 Å². The van der Waals surface area contributed by atoms with Crippen molar-refractivity contribution in [2.75, 3.05) is 19.7 Å². The van der Waals surface area contributed by atoms with Crippen molar-refractivity contribution in [1.82, 2.24) is 42.1 Å². The fraction of sp³-hybridized carbons (Fsp3) is 0.511. The van der Waals surface area contributed by atoms with E-state index >= 15 is 0 Å². The Labute approximate surface area is 425 Å². The van der Waals surface area contributed by atoms with Crippen LogP contribution in [0.25, 0.3) is 0 Å². The Hall–Kier alpha value is -7.91. The van der Waals surface area contributed by atoms with Gasteiger partial charge >= 0.3 is 5.97 Å². The minimum absolute atomic E-state index is 0.0287. The Kier molecular flexibility index (Phi) is 24.1. The highest BCUT2D eigenvalue weighted by molar-refractivity contribution is 5.99. The summed E-state index contributed by atoms with van der Waals surface area (Å²) in [6.07, 6.45) is -0.318. The van der Waals surface area contributed by atoms with E-state index < -0.39 is 132 Å². The molecule has 2 aromatic rings. The van der Waals surface area contributed by atoms with Gasteiger partial charge in [0, 0.05) is 25.8 Å². The highest BCUT2D eigenvalue weighted by atomic mass is 16.4. The van der Waals surface area contributed by atoms with Crippen LogP contribution in [0.15, 0.2) is 48.5 Å². The van der Waals surface area contributed by atoms with Crippen molar-refractivity contribution >= 4 is 65.0 Å². The highest BCUT2D eigenvalue weighted by Gasteiger charge is 2.39. The smallest absolute Gasteiger partial charge is 0.325 e. The van der Waals surface area contributed by atoms with Crippen molar-refractivity contribution in [2.45, 2.75) is 132 Å². The summed E-state index contributed by atoms with van der Waals surface area (Å²) in [5.41, 5.74) is 23.1. The first kappa shape index (κ1) is 60.4. The van der Waals surface area contributed by atoms with E-state index in [9.17, 15) is 73.2 Å². The molecule has 1 aliphatic heterocycles. The SMILES string of the molecule is C[C@H](NC(=O)[C@H](Cc1ccc(O)cc1)NC(=O)[C@@H]1CCCN1C(=O)[C@H](C)NC(=O)[C@H](CO)NC(=O)[C@H](CC(N)=O)NC(=O)[C@H](Cc1ccc(O)cc1)NC(=O)[C@H](CCCCN)NC(=O)[C@@H](N)CCC(N)=O)C(=O)O. The molecule has 1 heterocycles. The Morgan fingerprint density at radius 1 is 0.608 bits per heavy atom. The summed E-state index contributed by atoms with van der Waals surface area (Å²) in [5, 5.41) is 56.0. The predicted molar refractivity (Wildman–Crippen MR) is 261 cm³/mol. The van der Waals surface area contributed by atoms with Gasteiger partial charge in [-0.05, 0) is 94.3 Å².